The number of aromatic amines is 1. The van der Waals surface area contributed by atoms with Gasteiger partial charge in [-0.2, -0.15) is 15.3 Å². The maximum atomic E-state index is 13.0. The molecule has 32 heavy (non-hydrogen) atoms. The molecule has 0 saturated carbocycles. The molecule has 0 bridgehead atoms. The van der Waals surface area contributed by atoms with Crippen LogP contribution in [0.2, 0.25) is 5.02 Å². The highest BCUT2D eigenvalue weighted by Crippen LogP contribution is 2.22. The quantitative estimate of drug-likeness (QED) is 0.413. The highest BCUT2D eigenvalue weighted by atomic mass is 35.5. The lowest BCUT2D eigenvalue weighted by molar-refractivity contribution is 0.101. The Balaban J connectivity index is 1.55. The number of hydrogen-bond acceptors (Lipinski definition) is 5. The summed E-state index contributed by atoms with van der Waals surface area (Å²) in [5.74, 6) is -0.845. The van der Waals surface area contributed by atoms with Crippen molar-refractivity contribution >= 4 is 34.8 Å². The van der Waals surface area contributed by atoms with Gasteiger partial charge in [0.2, 0.25) is 0 Å². The number of rotatable bonds is 6. The maximum Gasteiger partial charge on any atom is 0.276 e. The number of carbonyl (C=O) groups excluding carboxylic acids is 2. The molecule has 0 fully saturated rings. The molecule has 0 spiro atoms. The average Bonchev–Trinajstić information content (AvgIpc) is 3.50. The number of nitrogens with one attached hydrogen (secondary N) is 3. The molecular weight excluding hydrogens is 432 g/mol. The van der Waals surface area contributed by atoms with Gasteiger partial charge >= 0.3 is 0 Å². The number of amides is 2. The van der Waals surface area contributed by atoms with Gasteiger partial charge in [-0.15, -0.1) is 0 Å². The van der Waals surface area contributed by atoms with E-state index < -0.39 is 11.8 Å². The van der Waals surface area contributed by atoms with Crippen LogP contribution >= 0.6 is 11.6 Å². The molecule has 10 nitrogen and oxygen atoms in total. The molecule has 0 unspecified atom stereocenters. The zero-order valence-corrected chi connectivity index (χ0v) is 18.4. The van der Waals surface area contributed by atoms with Gasteiger partial charge in [-0.05, 0) is 32.0 Å². The van der Waals surface area contributed by atoms with E-state index in [4.69, 9.17) is 11.6 Å². The fourth-order valence-electron chi connectivity index (χ4n) is 3.16. The summed E-state index contributed by atoms with van der Waals surface area (Å²) in [6.07, 6.45) is 3.02. The Morgan fingerprint density at radius 3 is 2.41 bits per heavy atom. The third-order valence-corrected chi connectivity index (χ3v) is 5.30. The second-order valence-corrected chi connectivity index (χ2v) is 7.51. The van der Waals surface area contributed by atoms with E-state index in [-0.39, 0.29) is 11.4 Å². The molecule has 0 radical (unpaired) electrons. The summed E-state index contributed by atoms with van der Waals surface area (Å²) < 4.78 is 3.18. The molecule has 4 rings (SSSR count). The molecular formula is C21H21ClN8O2. The van der Waals surface area contributed by atoms with Gasteiger partial charge in [-0.25, -0.2) is 0 Å². The largest absolute Gasteiger partial charge is 0.318 e. The van der Waals surface area contributed by atoms with Gasteiger partial charge in [0, 0.05) is 24.2 Å². The number of anilines is 2. The van der Waals surface area contributed by atoms with Crippen LogP contribution in [0.15, 0.2) is 42.7 Å². The minimum atomic E-state index is -0.444. The molecule has 164 valence electrons. The van der Waals surface area contributed by atoms with Gasteiger partial charge in [0.25, 0.3) is 11.8 Å². The minimum absolute atomic E-state index is 0.238. The van der Waals surface area contributed by atoms with Gasteiger partial charge in [-0.3, -0.25) is 24.1 Å². The molecule has 3 N–H and O–H groups in total. The van der Waals surface area contributed by atoms with E-state index in [0.29, 0.717) is 28.6 Å². The summed E-state index contributed by atoms with van der Waals surface area (Å²) in [5.41, 5.74) is 3.57. The van der Waals surface area contributed by atoms with E-state index in [1.165, 1.54) is 10.9 Å². The molecule has 0 aliphatic rings. The Morgan fingerprint density at radius 2 is 1.75 bits per heavy atom. The summed E-state index contributed by atoms with van der Waals surface area (Å²) in [6.45, 7) is 4.16. The van der Waals surface area contributed by atoms with Gasteiger partial charge in [0.05, 0.1) is 35.2 Å². The number of aryl methyl sites for hydroxylation is 2. The lowest BCUT2D eigenvalue weighted by atomic mass is 10.1. The predicted molar refractivity (Wildman–Crippen MR) is 121 cm³/mol. The first-order chi connectivity index (χ1) is 15.4. The van der Waals surface area contributed by atoms with Gasteiger partial charge < -0.3 is 10.6 Å². The SMILES string of the molecule is CCn1ncc(NC(=O)c2cc(-c3ccc(Cl)cc3)n[nH]2)c1C(=O)Nc1cnn(C)c1C. The number of nitrogens with zero attached hydrogens (tertiary/aromatic N) is 5. The van der Waals surface area contributed by atoms with Crippen molar-refractivity contribution in [1.29, 1.82) is 0 Å². The fourth-order valence-corrected chi connectivity index (χ4v) is 3.28. The zero-order valence-electron chi connectivity index (χ0n) is 17.7. The second-order valence-electron chi connectivity index (χ2n) is 7.07. The minimum Gasteiger partial charge on any atom is -0.318 e. The van der Waals surface area contributed by atoms with Crippen LogP contribution in [0, 0.1) is 6.92 Å². The van der Waals surface area contributed by atoms with E-state index in [1.807, 2.05) is 26.0 Å². The van der Waals surface area contributed by atoms with Crippen molar-refractivity contribution in [2.45, 2.75) is 20.4 Å². The third-order valence-electron chi connectivity index (χ3n) is 5.05. The van der Waals surface area contributed by atoms with E-state index in [2.05, 4.69) is 31.0 Å². The number of halogens is 1. The lowest BCUT2D eigenvalue weighted by Crippen LogP contribution is -2.21. The van der Waals surface area contributed by atoms with Crippen molar-refractivity contribution in [2.75, 3.05) is 10.6 Å². The molecule has 1 aromatic carbocycles. The molecule has 0 saturated heterocycles. The summed E-state index contributed by atoms with van der Waals surface area (Å²) >= 11 is 5.92. The van der Waals surface area contributed by atoms with Crippen LogP contribution in [-0.2, 0) is 13.6 Å². The van der Waals surface area contributed by atoms with E-state index in [9.17, 15) is 9.59 Å². The van der Waals surface area contributed by atoms with Crippen molar-refractivity contribution in [1.82, 2.24) is 29.8 Å². The first kappa shape index (κ1) is 21.3. The molecule has 4 aromatic rings. The van der Waals surface area contributed by atoms with Crippen molar-refractivity contribution in [3.8, 4) is 11.3 Å². The number of H-pyrrole nitrogens is 1. The lowest BCUT2D eigenvalue weighted by Gasteiger charge is -2.09. The third kappa shape index (κ3) is 4.12. The van der Waals surface area contributed by atoms with Crippen LogP contribution in [0.3, 0.4) is 0 Å². The highest BCUT2D eigenvalue weighted by Gasteiger charge is 2.22. The molecule has 0 aliphatic heterocycles. The van der Waals surface area contributed by atoms with Crippen molar-refractivity contribution in [3.63, 3.8) is 0 Å². The molecule has 3 aromatic heterocycles. The Hall–Kier alpha value is -3.92. The number of benzene rings is 1. The summed E-state index contributed by atoms with van der Waals surface area (Å²) in [6, 6.07) is 8.75. The van der Waals surface area contributed by atoms with E-state index in [1.54, 1.807) is 36.1 Å². The standard InChI is InChI=1S/C21H21ClN8O2/c1-4-30-19(21(32)25-17-10-23-29(3)12(17)2)18(11-24-30)26-20(31)16-9-15(27-28-16)13-5-7-14(22)8-6-13/h5-11H,4H2,1-3H3,(H,25,32)(H,26,31)(H,27,28). The van der Waals surface area contributed by atoms with Crippen LogP contribution in [-0.4, -0.2) is 41.6 Å². The first-order valence-electron chi connectivity index (χ1n) is 9.85. The Bertz CT molecular complexity index is 1290. The molecule has 2 amide bonds. The van der Waals surface area contributed by atoms with Crippen LogP contribution in [0.25, 0.3) is 11.3 Å². The van der Waals surface area contributed by atoms with Crippen LogP contribution < -0.4 is 10.6 Å². The Kier molecular flexibility index (Phi) is 5.78. The van der Waals surface area contributed by atoms with E-state index >= 15 is 0 Å². The highest BCUT2D eigenvalue weighted by molar-refractivity contribution is 6.30. The molecule has 0 atom stereocenters. The van der Waals surface area contributed by atoms with Crippen molar-refractivity contribution < 1.29 is 9.59 Å². The second kappa shape index (κ2) is 8.67. The average molecular weight is 453 g/mol. The topological polar surface area (TPSA) is 123 Å². The van der Waals surface area contributed by atoms with Crippen molar-refractivity contribution in [2.24, 2.45) is 7.05 Å². The smallest absolute Gasteiger partial charge is 0.276 e. The fraction of sp³-hybridized carbons (Fsp3) is 0.190. The summed E-state index contributed by atoms with van der Waals surface area (Å²) in [5, 5.41) is 21.4. The van der Waals surface area contributed by atoms with Gasteiger partial charge in [0.1, 0.15) is 11.4 Å². The molecule has 11 heteroatoms. The monoisotopic (exact) mass is 452 g/mol. The van der Waals surface area contributed by atoms with Crippen molar-refractivity contribution in [3.05, 3.63) is 64.8 Å². The van der Waals surface area contributed by atoms with Gasteiger partial charge in [-0.1, -0.05) is 23.7 Å². The Labute approximate surface area is 188 Å². The zero-order chi connectivity index (χ0) is 22.8. The van der Waals surface area contributed by atoms with Gasteiger partial charge in [0.15, 0.2) is 0 Å². The summed E-state index contributed by atoms with van der Waals surface area (Å²) in [7, 11) is 1.79. The normalized spacial score (nSPS) is 10.9. The molecule has 0 aliphatic carbocycles. The summed E-state index contributed by atoms with van der Waals surface area (Å²) in [4.78, 5) is 25.8. The number of hydrogen-bond donors (Lipinski definition) is 3. The molecule has 3 heterocycles. The number of aromatic nitrogens is 6. The maximum absolute atomic E-state index is 13.0. The van der Waals surface area contributed by atoms with Crippen LogP contribution in [0.5, 0.6) is 0 Å². The Morgan fingerprint density at radius 1 is 1.06 bits per heavy atom. The predicted octanol–water partition coefficient (Wildman–Crippen LogP) is 3.49. The first-order valence-corrected chi connectivity index (χ1v) is 10.2. The number of carbonyl (C=O) groups is 2. The van der Waals surface area contributed by atoms with Crippen LogP contribution in [0.1, 0.15) is 33.6 Å². The van der Waals surface area contributed by atoms with Crippen LogP contribution in [0.4, 0.5) is 11.4 Å². The van der Waals surface area contributed by atoms with E-state index in [0.717, 1.165) is 11.3 Å².